The molecule has 1 heterocycles. The van der Waals surface area contributed by atoms with Crippen LogP contribution in [0.4, 0.5) is 0 Å². The van der Waals surface area contributed by atoms with Crippen molar-refractivity contribution in [3.8, 4) is 0 Å². The number of ketones is 1. The maximum absolute atomic E-state index is 12.8. The van der Waals surface area contributed by atoms with Gasteiger partial charge in [0.05, 0.1) is 17.8 Å². The van der Waals surface area contributed by atoms with Crippen LogP contribution < -0.4 is 0 Å². The van der Waals surface area contributed by atoms with E-state index in [4.69, 9.17) is 4.74 Å². The molecule has 4 nitrogen and oxygen atoms in total. The lowest BCUT2D eigenvalue weighted by Gasteiger charge is -2.59. The fraction of sp³-hybridized carbons (Fsp3) is 0.850. The third-order valence-electron chi connectivity index (χ3n) is 7.36. The Morgan fingerprint density at radius 1 is 1.17 bits per heavy atom. The average molecular weight is 336 g/mol. The van der Waals surface area contributed by atoms with Crippen LogP contribution in [0.1, 0.15) is 66.2 Å². The number of carbonyl (C=O) groups is 1. The molecule has 3 rings (SSSR count). The van der Waals surface area contributed by atoms with Crippen molar-refractivity contribution in [1.29, 1.82) is 0 Å². The maximum atomic E-state index is 12.8. The first-order valence-electron chi connectivity index (χ1n) is 9.35. The Morgan fingerprint density at radius 2 is 1.88 bits per heavy atom. The van der Waals surface area contributed by atoms with Crippen molar-refractivity contribution in [3.05, 3.63) is 11.6 Å². The molecular formula is C20H32O4. The normalized spacial score (nSPS) is 44.5. The van der Waals surface area contributed by atoms with Crippen molar-refractivity contribution in [3.63, 3.8) is 0 Å². The molecular weight excluding hydrogens is 304 g/mol. The number of hydrogen-bond acceptors (Lipinski definition) is 4. The molecule has 4 atom stereocenters. The average Bonchev–Trinajstić information content (AvgIpc) is 2.91. The monoisotopic (exact) mass is 336 g/mol. The minimum Gasteiger partial charge on any atom is -0.396 e. The van der Waals surface area contributed by atoms with E-state index in [1.165, 1.54) is 5.57 Å². The van der Waals surface area contributed by atoms with Crippen LogP contribution in [0.2, 0.25) is 0 Å². The summed E-state index contributed by atoms with van der Waals surface area (Å²) in [7, 11) is 0. The summed E-state index contributed by atoms with van der Waals surface area (Å²) in [6, 6.07) is 0. The van der Waals surface area contributed by atoms with Gasteiger partial charge in [0.15, 0.2) is 5.78 Å². The summed E-state index contributed by atoms with van der Waals surface area (Å²) in [4.78, 5) is 12.8. The van der Waals surface area contributed by atoms with E-state index in [0.717, 1.165) is 25.7 Å². The van der Waals surface area contributed by atoms with Crippen LogP contribution in [-0.2, 0) is 9.53 Å². The highest BCUT2D eigenvalue weighted by molar-refractivity contribution is 5.95. The SMILES string of the molecule is C[C@@H]1C(=O)C=C2C(C)(C)CCC[C@]2(C)[C@@]12CC[C@@](CO)(CCO)O2. The van der Waals surface area contributed by atoms with Crippen molar-refractivity contribution in [2.45, 2.75) is 77.4 Å². The zero-order valence-electron chi connectivity index (χ0n) is 15.5. The Kier molecular flexibility index (Phi) is 4.26. The van der Waals surface area contributed by atoms with Gasteiger partial charge in [0.25, 0.3) is 0 Å². The van der Waals surface area contributed by atoms with Crippen LogP contribution >= 0.6 is 0 Å². The summed E-state index contributed by atoms with van der Waals surface area (Å²) in [5.74, 6) is -0.0672. The van der Waals surface area contributed by atoms with E-state index >= 15 is 0 Å². The van der Waals surface area contributed by atoms with E-state index < -0.39 is 11.2 Å². The number of hydrogen-bond donors (Lipinski definition) is 2. The molecule has 0 amide bonds. The summed E-state index contributed by atoms with van der Waals surface area (Å²) < 4.78 is 6.64. The van der Waals surface area contributed by atoms with E-state index in [0.29, 0.717) is 12.8 Å². The zero-order valence-corrected chi connectivity index (χ0v) is 15.5. The first-order chi connectivity index (χ1) is 11.2. The second-order valence-electron chi connectivity index (χ2n) is 9.06. The highest BCUT2D eigenvalue weighted by Crippen LogP contribution is 2.65. The van der Waals surface area contributed by atoms with E-state index in [1.54, 1.807) is 0 Å². The molecule has 0 aromatic heterocycles. The van der Waals surface area contributed by atoms with Crippen LogP contribution in [-0.4, -0.2) is 40.4 Å². The molecule has 24 heavy (non-hydrogen) atoms. The molecule has 0 aromatic carbocycles. The van der Waals surface area contributed by atoms with Gasteiger partial charge in [-0.05, 0) is 37.2 Å². The second kappa shape index (κ2) is 5.65. The summed E-state index contributed by atoms with van der Waals surface area (Å²) in [6.07, 6.45) is 7.01. The van der Waals surface area contributed by atoms with E-state index in [9.17, 15) is 15.0 Å². The summed E-state index contributed by atoms with van der Waals surface area (Å²) in [6.45, 7) is 8.59. The van der Waals surface area contributed by atoms with E-state index in [-0.39, 0.29) is 35.7 Å². The number of rotatable bonds is 3. The molecule has 1 aliphatic heterocycles. The molecule has 1 saturated carbocycles. The third-order valence-corrected chi connectivity index (χ3v) is 7.36. The fourth-order valence-electron chi connectivity index (χ4n) is 5.83. The molecule has 2 N–H and O–H groups in total. The first-order valence-corrected chi connectivity index (χ1v) is 9.35. The van der Waals surface area contributed by atoms with Gasteiger partial charge in [0.2, 0.25) is 0 Å². The van der Waals surface area contributed by atoms with Gasteiger partial charge in [-0.15, -0.1) is 0 Å². The fourth-order valence-corrected chi connectivity index (χ4v) is 5.83. The molecule has 4 heteroatoms. The lowest BCUT2D eigenvalue weighted by atomic mass is 9.48. The van der Waals surface area contributed by atoms with E-state index in [2.05, 4.69) is 20.8 Å². The van der Waals surface area contributed by atoms with Gasteiger partial charge in [-0.2, -0.15) is 0 Å². The Hall–Kier alpha value is -0.710. The predicted octanol–water partition coefficient (Wildman–Crippen LogP) is 3.01. The second-order valence-corrected chi connectivity index (χ2v) is 9.06. The van der Waals surface area contributed by atoms with Crippen molar-refractivity contribution in [2.24, 2.45) is 16.7 Å². The molecule has 2 aliphatic carbocycles. The summed E-state index contributed by atoms with van der Waals surface area (Å²) in [5, 5.41) is 19.4. The highest BCUT2D eigenvalue weighted by Gasteiger charge is 2.66. The molecule has 1 saturated heterocycles. The van der Waals surface area contributed by atoms with E-state index in [1.807, 2.05) is 13.0 Å². The minimum absolute atomic E-state index is 0.000598. The Labute approximate surface area is 145 Å². The van der Waals surface area contributed by atoms with Crippen LogP contribution in [0.15, 0.2) is 11.6 Å². The minimum atomic E-state index is -0.712. The van der Waals surface area contributed by atoms with Crippen LogP contribution in [0.5, 0.6) is 0 Å². The van der Waals surface area contributed by atoms with Gasteiger partial charge < -0.3 is 14.9 Å². The number of allylic oxidation sites excluding steroid dienone is 1. The topological polar surface area (TPSA) is 66.8 Å². The Balaban J connectivity index is 2.10. The number of aliphatic hydroxyl groups excluding tert-OH is 2. The smallest absolute Gasteiger partial charge is 0.161 e. The predicted molar refractivity (Wildman–Crippen MR) is 92.6 cm³/mol. The number of ether oxygens (including phenoxy) is 1. The highest BCUT2D eigenvalue weighted by atomic mass is 16.5. The number of carbonyl (C=O) groups excluding carboxylic acids is 1. The maximum Gasteiger partial charge on any atom is 0.161 e. The van der Waals surface area contributed by atoms with Gasteiger partial charge >= 0.3 is 0 Å². The van der Waals surface area contributed by atoms with Crippen molar-refractivity contribution < 1.29 is 19.7 Å². The van der Waals surface area contributed by atoms with Gasteiger partial charge in [-0.1, -0.05) is 39.7 Å². The molecule has 2 fully saturated rings. The lowest BCUT2D eigenvalue weighted by Crippen LogP contribution is -2.61. The standard InChI is InChI=1S/C20H32O4/c1-14-15(23)12-16-17(2,3)6-5-7-18(16,4)20(14)9-8-19(13-22,24-20)10-11-21/h12,14,21-22H,5-11,13H2,1-4H3/t14-,18+,19+,20-/m1/s1. The summed E-state index contributed by atoms with van der Waals surface area (Å²) in [5.41, 5.74) is -0.239. The van der Waals surface area contributed by atoms with Crippen molar-refractivity contribution in [2.75, 3.05) is 13.2 Å². The van der Waals surface area contributed by atoms with Gasteiger partial charge in [0.1, 0.15) is 0 Å². The van der Waals surface area contributed by atoms with Gasteiger partial charge in [-0.25, -0.2) is 0 Å². The molecule has 0 aromatic rings. The molecule has 3 aliphatic rings. The quantitative estimate of drug-likeness (QED) is 0.831. The van der Waals surface area contributed by atoms with Crippen LogP contribution in [0.3, 0.4) is 0 Å². The molecule has 136 valence electrons. The largest absolute Gasteiger partial charge is 0.396 e. The van der Waals surface area contributed by atoms with Gasteiger partial charge in [-0.3, -0.25) is 4.79 Å². The number of fused-ring (bicyclic) bond motifs is 2. The van der Waals surface area contributed by atoms with Crippen LogP contribution in [0.25, 0.3) is 0 Å². The molecule has 0 unspecified atom stereocenters. The number of aliphatic hydroxyl groups is 2. The lowest BCUT2D eigenvalue weighted by molar-refractivity contribution is -0.204. The molecule has 0 bridgehead atoms. The third kappa shape index (κ3) is 2.26. The van der Waals surface area contributed by atoms with Crippen molar-refractivity contribution in [1.82, 2.24) is 0 Å². The Bertz CT molecular complexity index is 566. The van der Waals surface area contributed by atoms with Crippen LogP contribution in [0, 0.1) is 16.7 Å². The summed E-state index contributed by atoms with van der Waals surface area (Å²) >= 11 is 0. The first kappa shape index (κ1) is 18.1. The molecule has 0 radical (unpaired) electrons. The van der Waals surface area contributed by atoms with Crippen molar-refractivity contribution >= 4 is 5.78 Å². The zero-order chi connectivity index (χ0) is 17.8. The Morgan fingerprint density at radius 3 is 2.50 bits per heavy atom. The van der Waals surface area contributed by atoms with Gasteiger partial charge in [0, 0.05) is 24.4 Å². The molecule has 1 spiro atoms.